The van der Waals surface area contributed by atoms with E-state index in [9.17, 15) is 4.79 Å². The lowest BCUT2D eigenvalue weighted by atomic mass is 10.1. The number of methoxy groups -OCH3 is 1. The fraction of sp³-hybridized carbons (Fsp3) is 0.381. The van der Waals surface area contributed by atoms with Gasteiger partial charge in [-0.15, -0.1) is 0 Å². The molecule has 0 saturated carbocycles. The summed E-state index contributed by atoms with van der Waals surface area (Å²) in [6.45, 7) is 6.77. The van der Waals surface area contributed by atoms with Gasteiger partial charge in [0.1, 0.15) is 0 Å². The summed E-state index contributed by atoms with van der Waals surface area (Å²) >= 11 is 0. The number of carbonyl (C=O) groups is 1. The first-order chi connectivity index (χ1) is 12.6. The number of nitrogens with zero attached hydrogens (tertiary/aromatic N) is 2. The SMILES string of the molecule is COCc1cccc(C(=O)Nc2ccc(N3CCN(C)CC3)cc2C)c1. The van der Waals surface area contributed by atoms with Crippen molar-refractivity contribution in [1.82, 2.24) is 4.90 Å². The van der Waals surface area contributed by atoms with Crippen molar-refractivity contribution in [3.05, 3.63) is 59.2 Å². The van der Waals surface area contributed by atoms with E-state index in [0.29, 0.717) is 12.2 Å². The molecule has 5 nitrogen and oxygen atoms in total. The van der Waals surface area contributed by atoms with E-state index in [1.165, 1.54) is 5.69 Å². The lowest BCUT2D eigenvalue weighted by molar-refractivity contribution is 0.102. The largest absolute Gasteiger partial charge is 0.380 e. The van der Waals surface area contributed by atoms with Crippen molar-refractivity contribution in [3.8, 4) is 0 Å². The van der Waals surface area contributed by atoms with Crippen LogP contribution in [0, 0.1) is 6.92 Å². The van der Waals surface area contributed by atoms with Gasteiger partial charge in [0.25, 0.3) is 5.91 Å². The fourth-order valence-corrected chi connectivity index (χ4v) is 3.21. The van der Waals surface area contributed by atoms with Crippen LogP contribution in [0.2, 0.25) is 0 Å². The molecule has 1 saturated heterocycles. The van der Waals surface area contributed by atoms with Crippen LogP contribution in [-0.2, 0) is 11.3 Å². The van der Waals surface area contributed by atoms with Crippen LogP contribution >= 0.6 is 0 Å². The summed E-state index contributed by atoms with van der Waals surface area (Å²) in [5.41, 5.74) is 4.77. The average molecular weight is 353 g/mol. The second kappa shape index (κ2) is 8.34. The maximum atomic E-state index is 12.6. The van der Waals surface area contributed by atoms with Gasteiger partial charge >= 0.3 is 0 Å². The standard InChI is InChI=1S/C21H27N3O2/c1-16-13-19(24-11-9-23(2)10-12-24)7-8-20(16)22-21(25)18-6-4-5-17(14-18)15-26-3/h4-8,13-14H,9-12,15H2,1-3H3,(H,22,25). The van der Waals surface area contributed by atoms with Crippen molar-refractivity contribution >= 4 is 17.3 Å². The molecule has 3 rings (SSSR count). The maximum Gasteiger partial charge on any atom is 0.255 e. The van der Waals surface area contributed by atoms with E-state index in [2.05, 4.69) is 34.3 Å². The van der Waals surface area contributed by atoms with E-state index in [4.69, 9.17) is 4.74 Å². The predicted octanol–water partition coefficient (Wildman–Crippen LogP) is 3.15. The molecule has 0 aliphatic carbocycles. The molecule has 138 valence electrons. The van der Waals surface area contributed by atoms with Gasteiger partial charge < -0.3 is 19.9 Å². The van der Waals surface area contributed by atoms with Crippen LogP contribution in [0.4, 0.5) is 11.4 Å². The maximum absolute atomic E-state index is 12.6. The summed E-state index contributed by atoms with van der Waals surface area (Å²) in [7, 11) is 3.81. The molecule has 26 heavy (non-hydrogen) atoms. The monoisotopic (exact) mass is 353 g/mol. The number of amides is 1. The highest BCUT2D eigenvalue weighted by atomic mass is 16.5. The van der Waals surface area contributed by atoms with Crippen LogP contribution < -0.4 is 10.2 Å². The summed E-state index contributed by atoms with van der Waals surface area (Å²) in [6, 6.07) is 13.8. The molecular weight excluding hydrogens is 326 g/mol. The van der Waals surface area contributed by atoms with Gasteiger partial charge in [-0.3, -0.25) is 4.79 Å². The van der Waals surface area contributed by atoms with Crippen molar-refractivity contribution in [2.75, 3.05) is 50.6 Å². The third-order valence-corrected chi connectivity index (χ3v) is 4.83. The lowest BCUT2D eigenvalue weighted by Gasteiger charge is -2.34. The van der Waals surface area contributed by atoms with E-state index < -0.39 is 0 Å². The molecule has 5 heteroatoms. The summed E-state index contributed by atoms with van der Waals surface area (Å²) in [5.74, 6) is -0.0987. The number of aryl methyl sites for hydroxylation is 1. The molecule has 0 unspecified atom stereocenters. The second-order valence-corrected chi connectivity index (χ2v) is 6.88. The fourth-order valence-electron chi connectivity index (χ4n) is 3.21. The first-order valence-corrected chi connectivity index (χ1v) is 9.00. The molecule has 0 bridgehead atoms. The zero-order chi connectivity index (χ0) is 18.5. The molecular formula is C21H27N3O2. The highest BCUT2D eigenvalue weighted by molar-refractivity contribution is 6.04. The Balaban J connectivity index is 1.70. The van der Waals surface area contributed by atoms with E-state index >= 15 is 0 Å². The van der Waals surface area contributed by atoms with E-state index in [1.807, 2.05) is 37.3 Å². The summed E-state index contributed by atoms with van der Waals surface area (Å²) in [6.07, 6.45) is 0. The minimum Gasteiger partial charge on any atom is -0.380 e. The third kappa shape index (κ3) is 4.42. The van der Waals surface area contributed by atoms with Crippen LogP contribution in [0.5, 0.6) is 0 Å². The van der Waals surface area contributed by atoms with Gasteiger partial charge in [-0.25, -0.2) is 0 Å². The van der Waals surface area contributed by atoms with Crippen molar-refractivity contribution in [2.45, 2.75) is 13.5 Å². The number of nitrogens with one attached hydrogen (secondary N) is 1. The zero-order valence-corrected chi connectivity index (χ0v) is 15.8. The predicted molar refractivity (Wildman–Crippen MR) is 106 cm³/mol. The quantitative estimate of drug-likeness (QED) is 0.897. The molecule has 2 aromatic carbocycles. The van der Waals surface area contributed by atoms with Gasteiger partial charge in [0.2, 0.25) is 0 Å². The summed E-state index contributed by atoms with van der Waals surface area (Å²) in [5, 5.41) is 3.03. The van der Waals surface area contributed by atoms with Crippen molar-refractivity contribution in [2.24, 2.45) is 0 Å². The van der Waals surface area contributed by atoms with E-state index in [0.717, 1.165) is 43.0 Å². The Kier molecular flexibility index (Phi) is 5.91. The number of ether oxygens (including phenoxy) is 1. The van der Waals surface area contributed by atoms with Gasteiger partial charge in [0.15, 0.2) is 0 Å². The Hall–Kier alpha value is -2.37. The molecule has 1 aliphatic heterocycles. The molecule has 0 radical (unpaired) electrons. The Morgan fingerprint density at radius 3 is 2.58 bits per heavy atom. The van der Waals surface area contributed by atoms with Gasteiger partial charge in [-0.2, -0.15) is 0 Å². The molecule has 1 fully saturated rings. The van der Waals surface area contributed by atoms with E-state index in [-0.39, 0.29) is 5.91 Å². The van der Waals surface area contributed by atoms with Crippen LogP contribution in [0.15, 0.2) is 42.5 Å². The van der Waals surface area contributed by atoms with Crippen molar-refractivity contribution < 1.29 is 9.53 Å². The number of benzene rings is 2. The highest BCUT2D eigenvalue weighted by Crippen LogP contribution is 2.24. The number of anilines is 2. The van der Waals surface area contributed by atoms with Gasteiger partial charge in [0, 0.05) is 50.2 Å². The minimum atomic E-state index is -0.0987. The highest BCUT2D eigenvalue weighted by Gasteiger charge is 2.15. The second-order valence-electron chi connectivity index (χ2n) is 6.88. The van der Waals surface area contributed by atoms with E-state index in [1.54, 1.807) is 7.11 Å². The molecule has 1 amide bonds. The first kappa shape index (κ1) is 18.4. The Labute approximate surface area is 155 Å². The van der Waals surface area contributed by atoms with Crippen LogP contribution in [0.25, 0.3) is 0 Å². The summed E-state index contributed by atoms with van der Waals surface area (Å²) < 4.78 is 5.14. The molecule has 0 spiro atoms. The van der Waals surface area contributed by atoms with Gasteiger partial charge in [0.05, 0.1) is 6.61 Å². The number of piperazine rings is 1. The normalized spacial score (nSPS) is 15.1. The number of likely N-dealkylation sites (N-methyl/N-ethyl adjacent to an activating group) is 1. The Morgan fingerprint density at radius 1 is 1.12 bits per heavy atom. The molecule has 0 aromatic heterocycles. The first-order valence-electron chi connectivity index (χ1n) is 9.00. The Morgan fingerprint density at radius 2 is 1.88 bits per heavy atom. The number of hydrogen-bond acceptors (Lipinski definition) is 4. The molecule has 0 atom stereocenters. The third-order valence-electron chi connectivity index (χ3n) is 4.83. The molecule has 1 heterocycles. The number of hydrogen-bond donors (Lipinski definition) is 1. The Bertz CT molecular complexity index is 768. The van der Waals surface area contributed by atoms with Gasteiger partial charge in [-0.1, -0.05) is 12.1 Å². The minimum absolute atomic E-state index is 0.0987. The molecule has 2 aromatic rings. The number of rotatable bonds is 5. The van der Waals surface area contributed by atoms with Crippen molar-refractivity contribution in [3.63, 3.8) is 0 Å². The van der Waals surface area contributed by atoms with Gasteiger partial charge in [-0.05, 0) is 55.4 Å². The van der Waals surface area contributed by atoms with Crippen LogP contribution in [-0.4, -0.2) is 51.1 Å². The topological polar surface area (TPSA) is 44.8 Å². The smallest absolute Gasteiger partial charge is 0.255 e. The number of carbonyl (C=O) groups excluding carboxylic acids is 1. The van der Waals surface area contributed by atoms with Crippen LogP contribution in [0.1, 0.15) is 21.5 Å². The molecule has 1 aliphatic rings. The zero-order valence-electron chi connectivity index (χ0n) is 15.8. The van der Waals surface area contributed by atoms with Crippen molar-refractivity contribution in [1.29, 1.82) is 0 Å². The van der Waals surface area contributed by atoms with Crippen LogP contribution in [0.3, 0.4) is 0 Å². The molecule has 1 N–H and O–H groups in total. The summed E-state index contributed by atoms with van der Waals surface area (Å²) in [4.78, 5) is 17.3. The lowest BCUT2D eigenvalue weighted by Crippen LogP contribution is -2.44. The average Bonchev–Trinajstić information content (AvgIpc) is 2.64.